The average Bonchev–Trinajstić information content (AvgIpc) is 2.60. The molecule has 2 rings (SSSR count). The molecule has 7 heteroatoms. The highest BCUT2D eigenvalue weighted by molar-refractivity contribution is 8.00. The summed E-state index contributed by atoms with van der Waals surface area (Å²) in [7, 11) is 0. The highest BCUT2D eigenvalue weighted by Gasteiger charge is 2.14. The molecule has 0 aliphatic rings. The second-order valence-corrected chi connectivity index (χ2v) is 6.11. The Bertz CT molecular complexity index is 677. The molecule has 0 aliphatic carbocycles. The molecule has 0 aliphatic heterocycles. The van der Waals surface area contributed by atoms with Crippen molar-refractivity contribution in [1.82, 2.24) is 4.90 Å². The van der Waals surface area contributed by atoms with Crippen LogP contribution in [-0.4, -0.2) is 39.7 Å². The quantitative estimate of drug-likeness (QED) is 0.451. The smallest absolute Gasteiger partial charge is 0.269 e. The predicted molar refractivity (Wildman–Crippen MR) is 92.8 cm³/mol. The normalized spacial score (nSPS) is 10.4. The number of thioether (sulfide) groups is 1. The molecule has 0 saturated carbocycles. The Hall–Kier alpha value is -2.38. The van der Waals surface area contributed by atoms with Crippen molar-refractivity contribution in [1.29, 1.82) is 0 Å². The first-order chi connectivity index (χ1) is 11.6. The minimum atomic E-state index is -0.456. The first kappa shape index (κ1) is 18.0. The van der Waals surface area contributed by atoms with E-state index in [1.807, 2.05) is 30.3 Å². The van der Waals surface area contributed by atoms with Crippen LogP contribution in [0.4, 0.5) is 5.69 Å². The Morgan fingerprint density at radius 1 is 1.12 bits per heavy atom. The lowest BCUT2D eigenvalue weighted by Gasteiger charge is -2.21. The van der Waals surface area contributed by atoms with Crippen LogP contribution in [0.5, 0.6) is 0 Å². The number of rotatable bonds is 8. The predicted octanol–water partition coefficient (Wildman–Crippen LogP) is 2.71. The van der Waals surface area contributed by atoms with Gasteiger partial charge in [-0.15, -0.1) is 11.8 Å². The second kappa shape index (κ2) is 9.05. The molecule has 1 N–H and O–H groups in total. The number of benzene rings is 2. The summed E-state index contributed by atoms with van der Waals surface area (Å²) in [6, 6.07) is 15.7. The highest BCUT2D eigenvalue weighted by Crippen LogP contribution is 2.22. The van der Waals surface area contributed by atoms with Crippen molar-refractivity contribution in [3.63, 3.8) is 0 Å². The van der Waals surface area contributed by atoms with Crippen molar-refractivity contribution in [3.05, 3.63) is 70.3 Å². The van der Waals surface area contributed by atoms with E-state index in [9.17, 15) is 14.9 Å². The van der Waals surface area contributed by atoms with Crippen molar-refractivity contribution in [2.45, 2.75) is 11.4 Å². The van der Waals surface area contributed by atoms with Gasteiger partial charge in [-0.1, -0.05) is 30.3 Å². The fourth-order valence-electron chi connectivity index (χ4n) is 2.12. The maximum absolute atomic E-state index is 12.4. The van der Waals surface area contributed by atoms with E-state index in [4.69, 9.17) is 5.11 Å². The first-order valence-electron chi connectivity index (χ1n) is 7.40. The SMILES string of the molecule is O=C(CSc1ccc([N+](=O)[O-])cc1)N(CCO)Cc1ccccc1. The zero-order valence-corrected chi connectivity index (χ0v) is 13.8. The molecule has 0 fully saturated rings. The van der Waals surface area contributed by atoms with Gasteiger partial charge in [-0.25, -0.2) is 0 Å². The van der Waals surface area contributed by atoms with E-state index in [0.717, 1.165) is 10.5 Å². The molecule has 0 bridgehead atoms. The summed E-state index contributed by atoms with van der Waals surface area (Å²) in [4.78, 5) is 24.9. The van der Waals surface area contributed by atoms with E-state index in [2.05, 4.69) is 0 Å². The van der Waals surface area contributed by atoms with Gasteiger partial charge in [0.05, 0.1) is 17.3 Å². The van der Waals surface area contributed by atoms with Gasteiger partial charge in [-0.3, -0.25) is 14.9 Å². The Morgan fingerprint density at radius 3 is 2.38 bits per heavy atom. The van der Waals surface area contributed by atoms with Crippen molar-refractivity contribution in [3.8, 4) is 0 Å². The first-order valence-corrected chi connectivity index (χ1v) is 8.38. The van der Waals surface area contributed by atoms with E-state index < -0.39 is 4.92 Å². The fourth-order valence-corrected chi connectivity index (χ4v) is 2.92. The molecule has 2 aromatic carbocycles. The lowest BCUT2D eigenvalue weighted by molar-refractivity contribution is -0.384. The van der Waals surface area contributed by atoms with Gasteiger partial charge >= 0.3 is 0 Å². The molecule has 1 amide bonds. The van der Waals surface area contributed by atoms with Crippen LogP contribution < -0.4 is 0 Å². The minimum Gasteiger partial charge on any atom is -0.395 e. The summed E-state index contributed by atoms with van der Waals surface area (Å²) in [6.07, 6.45) is 0. The molecule has 24 heavy (non-hydrogen) atoms. The molecular formula is C17H18N2O4S. The largest absolute Gasteiger partial charge is 0.395 e. The Kier molecular flexibility index (Phi) is 6.77. The molecule has 0 saturated heterocycles. The lowest BCUT2D eigenvalue weighted by atomic mass is 10.2. The summed E-state index contributed by atoms with van der Waals surface area (Å²) in [5.41, 5.74) is 1.02. The van der Waals surface area contributed by atoms with Crippen molar-refractivity contribution in [2.24, 2.45) is 0 Å². The fraction of sp³-hybridized carbons (Fsp3) is 0.235. The van der Waals surface area contributed by atoms with Gasteiger partial charge in [0.15, 0.2) is 0 Å². The molecule has 0 atom stereocenters. The zero-order chi connectivity index (χ0) is 17.4. The molecule has 0 aromatic heterocycles. The number of aliphatic hydroxyl groups is 1. The maximum Gasteiger partial charge on any atom is 0.269 e. The van der Waals surface area contributed by atoms with Crippen LogP contribution in [0.15, 0.2) is 59.5 Å². The van der Waals surface area contributed by atoms with Gasteiger partial charge in [0.1, 0.15) is 0 Å². The van der Waals surface area contributed by atoms with Gasteiger partial charge in [-0.05, 0) is 17.7 Å². The lowest BCUT2D eigenvalue weighted by Crippen LogP contribution is -2.34. The number of nitro benzene ring substituents is 1. The molecule has 126 valence electrons. The number of carbonyl (C=O) groups is 1. The van der Waals surface area contributed by atoms with Gasteiger partial charge in [0, 0.05) is 30.1 Å². The number of non-ortho nitro benzene ring substituents is 1. The second-order valence-electron chi connectivity index (χ2n) is 5.06. The van der Waals surface area contributed by atoms with Crippen molar-refractivity contribution < 1.29 is 14.8 Å². The number of aliphatic hydroxyl groups excluding tert-OH is 1. The van der Waals surface area contributed by atoms with E-state index in [-0.39, 0.29) is 30.5 Å². The topological polar surface area (TPSA) is 83.7 Å². The van der Waals surface area contributed by atoms with Crippen LogP contribution in [0.25, 0.3) is 0 Å². The van der Waals surface area contributed by atoms with Crippen LogP contribution in [-0.2, 0) is 11.3 Å². The van der Waals surface area contributed by atoms with E-state index in [1.54, 1.807) is 17.0 Å². The third kappa shape index (κ3) is 5.36. The van der Waals surface area contributed by atoms with E-state index in [0.29, 0.717) is 6.54 Å². The van der Waals surface area contributed by atoms with Crippen molar-refractivity contribution in [2.75, 3.05) is 18.9 Å². The van der Waals surface area contributed by atoms with E-state index >= 15 is 0 Å². The molecule has 0 unspecified atom stereocenters. The monoisotopic (exact) mass is 346 g/mol. The average molecular weight is 346 g/mol. The van der Waals surface area contributed by atoms with Gasteiger partial charge in [0.25, 0.3) is 5.69 Å². The molecule has 2 aromatic rings. The van der Waals surface area contributed by atoms with Crippen molar-refractivity contribution >= 4 is 23.4 Å². The van der Waals surface area contributed by atoms with Crippen LogP contribution in [0.3, 0.4) is 0 Å². The highest BCUT2D eigenvalue weighted by atomic mass is 32.2. The third-order valence-corrected chi connectivity index (χ3v) is 4.35. The van der Waals surface area contributed by atoms with E-state index in [1.165, 1.54) is 23.9 Å². The zero-order valence-electron chi connectivity index (χ0n) is 13.0. The Morgan fingerprint density at radius 2 is 1.79 bits per heavy atom. The number of carbonyl (C=O) groups excluding carboxylic acids is 1. The summed E-state index contributed by atoms with van der Waals surface area (Å²) in [5.74, 6) is 0.126. The number of hydrogen-bond donors (Lipinski definition) is 1. The van der Waals surface area contributed by atoms with Crippen LogP contribution in [0.1, 0.15) is 5.56 Å². The number of nitro groups is 1. The summed E-state index contributed by atoms with van der Waals surface area (Å²) >= 11 is 1.32. The molecule has 0 spiro atoms. The standard InChI is InChI=1S/C17H18N2O4S/c20-11-10-18(12-14-4-2-1-3-5-14)17(21)13-24-16-8-6-15(7-9-16)19(22)23/h1-9,20H,10-13H2. The van der Waals surface area contributed by atoms with Crippen LogP contribution >= 0.6 is 11.8 Å². The maximum atomic E-state index is 12.4. The van der Waals surface area contributed by atoms with Gasteiger partial charge < -0.3 is 10.0 Å². The molecule has 0 radical (unpaired) electrons. The van der Waals surface area contributed by atoms with Gasteiger partial charge in [-0.2, -0.15) is 0 Å². The Balaban J connectivity index is 1.93. The molecular weight excluding hydrogens is 328 g/mol. The minimum absolute atomic E-state index is 0.0247. The molecule has 6 nitrogen and oxygen atoms in total. The number of amides is 1. The third-order valence-electron chi connectivity index (χ3n) is 3.35. The van der Waals surface area contributed by atoms with Crippen LogP contribution in [0, 0.1) is 10.1 Å². The van der Waals surface area contributed by atoms with Crippen LogP contribution in [0.2, 0.25) is 0 Å². The Labute approximate surface area is 144 Å². The number of hydrogen-bond acceptors (Lipinski definition) is 5. The van der Waals surface area contributed by atoms with Gasteiger partial charge in [0.2, 0.25) is 5.91 Å². The summed E-state index contributed by atoms with van der Waals surface area (Å²) < 4.78 is 0. The summed E-state index contributed by atoms with van der Waals surface area (Å²) in [5, 5.41) is 19.8. The number of nitrogens with zero attached hydrogens (tertiary/aromatic N) is 2. The summed E-state index contributed by atoms with van der Waals surface area (Å²) in [6.45, 7) is 0.621. The molecule has 0 heterocycles.